The topological polar surface area (TPSA) is 4.93 Å². The first-order valence-electron chi connectivity index (χ1n) is 17.0. The van der Waals surface area contributed by atoms with Gasteiger partial charge in [-0.1, -0.05) is 91.0 Å². The van der Waals surface area contributed by atoms with Crippen molar-refractivity contribution in [2.45, 2.75) is 37.5 Å². The lowest BCUT2D eigenvalue weighted by molar-refractivity contribution is -0.0399. The van der Waals surface area contributed by atoms with Gasteiger partial charge in [-0.3, -0.25) is 0 Å². The van der Waals surface area contributed by atoms with Crippen LogP contribution in [0.1, 0.15) is 43.2 Å². The zero-order chi connectivity index (χ0) is 29.3. The molecular formula is C44H35N. The van der Waals surface area contributed by atoms with E-state index in [1.807, 2.05) is 0 Å². The van der Waals surface area contributed by atoms with Crippen LogP contribution >= 0.6 is 0 Å². The Morgan fingerprint density at radius 2 is 1.16 bits per heavy atom. The van der Waals surface area contributed by atoms with Crippen molar-refractivity contribution in [3.63, 3.8) is 0 Å². The summed E-state index contributed by atoms with van der Waals surface area (Å²) in [5.74, 6) is 3.54. The second-order valence-corrected chi connectivity index (χ2v) is 14.6. The van der Waals surface area contributed by atoms with Gasteiger partial charge in [-0.25, -0.2) is 0 Å². The summed E-state index contributed by atoms with van der Waals surface area (Å²) in [5.41, 5.74) is 12.8. The molecule has 0 N–H and O–H groups in total. The van der Waals surface area contributed by atoms with Crippen LogP contribution in [-0.4, -0.2) is 4.57 Å². The molecule has 4 saturated carbocycles. The van der Waals surface area contributed by atoms with Crippen LogP contribution in [0.25, 0.3) is 60.5 Å². The molecule has 7 aromatic rings. The molecule has 45 heavy (non-hydrogen) atoms. The zero-order valence-corrected chi connectivity index (χ0v) is 25.4. The third-order valence-corrected chi connectivity index (χ3v) is 12.6. The smallest absolute Gasteiger partial charge is 0.0547 e. The van der Waals surface area contributed by atoms with Gasteiger partial charge in [0.15, 0.2) is 0 Å². The van der Waals surface area contributed by atoms with Crippen molar-refractivity contribution in [2.75, 3.05) is 0 Å². The molecule has 0 atom stereocenters. The van der Waals surface area contributed by atoms with Crippen molar-refractivity contribution in [2.24, 2.45) is 23.7 Å². The van der Waals surface area contributed by atoms with Crippen LogP contribution < -0.4 is 0 Å². The summed E-state index contributed by atoms with van der Waals surface area (Å²) >= 11 is 0. The average molecular weight is 578 g/mol. The molecule has 12 rings (SSSR count). The fraction of sp³-hybridized carbons (Fsp3) is 0.227. The van der Waals surface area contributed by atoms with Crippen molar-refractivity contribution in [3.05, 3.63) is 139 Å². The van der Waals surface area contributed by atoms with Crippen LogP contribution in [0.15, 0.2) is 127 Å². The van der Waals surface area contributed by atoms with E-state index in [9.17, 15) is 0 Å². The Balaban J connectivity index is 1.14. The number of fused-ring (bicyclic) bond motifs is 8. The molecule has 5 aliphatic carbocycles. The molecule has 0 saturated heterocycles. The number of nitrogens with zero attached hydrogens (tertiary/aromatic N) is 1. The van der Waals surface area contributed by atoms with Gasteiger partial charge in [-0.2, -0.15) is 0 Å². The maximum Gasteiger partial charge on any atom is 0.0547 e. The minimum atomic E-state index is 0.226. The third-order valence-electron chi connectivity index (χ3n) is 12.6. The molecule has 0 radical (unpaired) electrons. The maximum absolute atomic E-state index is 2.56. The van der Waals surface area contributed by atoms with Crippen LogP contribution in [-0.2, 0) is 5.41 Å². The highest BCUT2D eigenvalue weighted by molar-refractivity contribution is 6.21. The molecule has 1 heteroatoms. The molecular weight excluding hydrogens is 542 g/mol. The van der Waals surface area contributed by atoms with Crippen LogP contribution in [0.5, 0.6) is 0 Å². The fourth-order valence-corrected chi connectivity index (χ4v) is 11.2. The fourth-order valence-electron chi connectivity index (χ4n) is 11.2. The Morgan fingerprint density at radius 3 is 2.00 bits per heavy atom. The van der Waals surface area contributed by atoms with Crippen molar-refractivity contribution in [1.82, 2.24) is 4.57 Å². The predicted molar refractivity (Wildman–Crippen MR) is 187 cm³/mol. The summed E-state index contributed by atoms with van der Waals surface area (Å²) in [5, 5.41) is 5.27. The van der Waals surface area contributed by atoms with Gasteiger partial charge >= 0.3 is 0 Å². The molecule has 5 aliphatic rings. The van der Waals surface area contributed by atoms with Gasteiger partial charge in [0.05, 0.1) is 11.0 Å². The lowest BCUT2D eigenvalue weighted by atomic mass is 9.43. The minimum Gasteiger partial charge on any atom is -0.309 e. The third kappa shape index (κ3) is 3.14. The van der Waals surface area contributed by atoms with Gasteiger partial charge in [-0.15, -0.1) is 0 Å². The van der Waals surface area contributed by atoms with Gasteiger partial charge in [-0.05, 0) is 136 Å². The molecule has 4 fully saturated rings. The Kier molecular flexibility index (Phi) is 4.80. The van der Waals surface area contributed by atoms with Gasteiger partial charge in [0.25, 0.3) is 0 Å². The molecule has 1 nitrogen and oxygen atoms in total. The van der Waals surface area contributed by atoms with Crippen molar-refractivity contribution < 1.29 is 0 Å². The second-order valence-electron chi connectivity index (χ2n) is 14.6. The minimum absolute atomic E-state index is 0.226. The van der Waals surface area contributed by atoms with E-state index in [0.29, 0.717) is 0 Å². The Morgan fingerprint density at radius 1 is 0.489 bits per heavy atom. The van der Waals surface area contributed by atoms with Crippen LogP contribution in [0.2, 0.25) is 0 Å². The summed E-state index contributed by atoms with van der Waals surface area (Å²) in [6.45, 7) is 0. The van der Waals surface area contributed by atoms with E-state index >= 15 is 0 Å². The summed E-state index contributed by atoms with van der Waals surface area (Å²) in [4.78, 5) is 0. The van der Waals surface area contributed by atoms with Crippen LogP contribution in [0.3, 0.4) is 0 Å². The van der Waals surface area contributed by atoms with Gasteiger partial charge < -0.3 is 4.57 Å². The molecule has 1 heterocycles. The molecule has 1 spiro atoms. The van der Waals surface area contributed by atoms with Crippen molar-refractivity contribution >= 4 is 32.6 Å². The number of benzene rings is 6. The number of rotatable bonds is 2. The normalized spacial score (nSPS) is 25.9. The number of para-hydroxylation sites is 1. The molecule has 4 bridgehead atoms. The van der Waals surface area contributed by atoms with E-state index in [2.05, 4.69) is 132 Å². The molecule has 216 valence electrons. The Hall–Kier alpha value is -4.62. The van der Waals surface area contributed by atoms with E-state index in [0.717, 1.165) is 23.7 Å². The standard InChI is InChI=1S/C44H35N/c1-2-9-34(10-3-1)45-41-18-16-31(26-38(41)43-35-11-5-4-8-29(35)15-19-42(43)45)30-14-17-40-37(25-30)36-12-6-7-13-39(36)44(40)32-21-27-20-28(23-32)24-33(44)22-27/h1-19,25-28,32-33H,20-24H2. The largest absolute Gasteiger partial charge is 0.309 e. The van der Waals surface area contributed by atoms with Gasteiger partial charge in [0.1, 0.15) is 0 Å². The second kappa shape index (κ2) is 8.76. The number of hydrogen-bond acceptors (Lipinski definition) is 0. The van der Waals surface area contributed by atoms with Crippen LogP contribution in [0.4, 0.5) is 0 Å². The van der Waals surface area contributed by atoms with Gasteiger partial charge in [0.2, 0.25) is 0 Å². The molecule has 1 aromatic heterocycles. The SMILES string of the molecule is c1ccc(-n2c3ccc(-c4ccc5c(c4)-c4ccccc4C54C5CC6CC(C5)CC4C6)cc3c3c4ccccc4ccc32)cc1. The molecule has 6 aromatic carbocycles. The van der Waals surface area contributed by atoms with Crippen molar-refractivity contribution in [3.8, 4) is 27.9 Å². The molecule has 0 aliphatic heterocycles. The summed E-state index contributed by atoms with van der Waals surface area (Å²) < 4.78 is 2.44. The summed E-state index contributed by atoms with van der Waals surface area (Å²) in [6, 6.07) is 48.5. The maximum atomic E-state index is 2.56. The highest BCUT2D eigenvalue weighted by atomic mass is 15.0. The summed E-state index contributed by atoms with van der Waals surface area (Å²) in [6.07, 6.45) is 7.21. The lowest BCUT2D eigenvalue weighted by Crippen LogP contribution is -2.55. The number of hydrogen-bond donors (Lipinski definition) is 0. The van der Waals surface area contributed by atoms with Gasteiger partial charge in [0, 0.05) is 21.9 Å². The predicted octanol–water partition coefficient (Wildman–Crippen LogP) is 11.3. The lowest BCUT2D eigenvalue weighted by Gasteiger charge is -2.61. The summed E-state index contributed by atoms with van der Waals surface area (Å²) in [7, 11) is 0. The quantitative estimate of drug-likeness (QED) is 0.193. The highest BCUT2D eigenvalue weighted by Crippen LogP contribution is 2.69. The van der Waals surface area contributed by atoms with E-state index in [1.54, 1.807) is 11.1 Å². The highest BCUT2D eigenvalue weighted by Gasteiger charge is 2.61. The average Bonchev–Trinajstić information content (AvgIpc) is 3.58. The van der Waals surface area contributed by atoms with Crippen LogP contribution in [0, 0.1) is 23.7 Å². The molecule has 0 unspecified atom stereocenters. The Labute approximate surface area is 264 Å². The first kappa shape index (κ1) is 24.7. The van der Waals surface area contributed by atoms with E-state index in [1.165, 1.54) is 92.6 Å². The zero-order valence-electron chi connectivity index (χ0n) is 25.4. The van der Waals surface area contributed by atoms with E-state index in [-0.39, 0.29) is 5.41 Å². The first-order valence-corrected chi connectivity index (χ1v) is 17.0. The number of aromatic nitrogens is 1. The van der Waals surface area contributed by atoms with E-state index in [4.69, 9.17) is 0 Å². The Bertz CT molecular complexity index is 2310. The molecule has 0 amide bonds. The van der Waals surface area contributed by atoms with Crippen molar-refractivity contribution in [1.29, 1.82) is 0 Å². The monoisotopic (exact) mass is 577 g/mol. The first-order chi connectivity index (χ1) is 22.3. The van der Waals surface area contributed by atoms with E-state index < -0.39 is 0 Å².